The Labute approximate surface area is 136 Å². The molecule has 1 heterocycles. The standard InChI is InChI=1S/C19H32N2O/c1-14(2)20-13-17-9-10-18(19(12-17)22-15(3)4)21-11-7-6-8-16(21)5/h9-10,12,14-16,20H,6-8,11,13H2,1-5H3. The van der Waals surface area contributed by atoms with Crippen molar-refractivity contribution in [2.75, 3.05) is 11.4 Å². The van der Waals surface area contributed by atoms with Crippen molar-refractivity contribution in [1.29, 1.82) is 0 Å². The molecule has 1 fully saturated rings. The van der Waals surface area contributed by atoms with E-state index in [1.807, 2.05) is 0 Å². The van der Waals surface area contributed by atoms with E-state index in [1.54, 1.807) is 0 Å². The Morgan fingerprint density at radius 2 is 2.00 bits per heavy atom. The number of anilines is 1. The summed E-state index contributed by atoms with van der Waals surface area (Å²) in [4.78, 5) is 2.51. The van der Waals surface area contributed by atoms with E-state index in [2.05, 4.69) is 63.0 Å². The van der Waals surface area contributed by atoms with Crippen molar-refractivity contribution in [3.63, 3.8) is 0 Å². The van der Waals surface area contributed by atoms with Crippen LogP contribution in [0.25, 0.3) is 0 Å². The van der Waals surface area contributed by atoms with Crippen LogP contribution in [-0.4, -0.2) is 24.7 Å². The molecule has 0 amide bonds. The second-order valence-electron chi connectivity index (χ2n) is 7.04. The van der Waals surface area contributed by atoms with Gasteiger partial charge in [-0.25, -0.2) is 0 Å². The fourth-order valence-corrected chi connectivity index (χ4v) is 3.03. The van der Waals surface area contributed by atoms with Crippen LogP contribution in [0.15, 0.2) is 18.2 Å². The molecule has 0 bridgehead atoms. The van der Waals surface area contributed by atoms with Crippen LogP contribution in [0, 0.1) is 0 Å². The van der Waals surface area contributed by atoms with Crippen molar-refractivity contribution in [2.24, 2.45) is 0 Å². The molecule has 1 aliphatic heterocycles. The Hall–Kier alpha value is -1.22. The Morgan fingerprint density at radius 3 is 2.64 bits per heavy atom. The molecule has 0 radical (unpaired) electrons. The van der Waals surface area contributed by atoms with Gasteiger partial charge in [0, 0.05) is 25.2 Å². The molecule has 1 aromatic carbocycles. The van der Waals surface area contributed by atoms with Gasteiger partial charge in [0.15, 0.2) is 0 Å². The summed E-state index contributed by atoms with van der Waals surface area (Å²) in [6, 6.07) is 7.79. The SMILES string of the molecule is CC(C)NCc1ccc(N2CCCCC2C)c(OC(C)C)c1. The van der Waals surface area contributed by atoms with Crippen LogP contribution >= 0.6 is 0 Å². The number of nitrogens with zero attached hydrogens (tertiary/aromatic N) is 1. The number of nitrogens with one attached hydrogen (secondary N) is 1. The number of hydrogen-bond donors (Lipinski definition) is 1. The predicted molar refractivity (Wildman–Crippen MR) is 94.8 cm³/mol. The van der Waals surface area contributed by atoms with Crippen molar-refractivity contribution in [2.45, 2.75) is 78.6 Å². The van der Waals surface area contributed by atoms with Gasteiger partial charge in [-0.2, -0.15) is 0 Å². The number of hydrogen-bond acceptors (Lipinski definition) is 3. The maximum Gasteiger partial charge on any atom is 0.143 e. The molecule has 1 N–H and O–H groups in total. The Kier molecular flexibility index (Phi) is 6.13. The van der Waals surface area contributed by atoms with E-state index in [0.717, 1.165) is 18.8 Å². The summed E-state index contributed by atoms with van der Waals surface area (Å²) >= 11 is 0. The smallest absolute Gasteiger partial charge is 0.143 e. The van der Waals surface area contributed by atoms with Crippen molar-refractivity contribution in [3.05, 3.63) is 23.8 Å². The molecule has 124 valence electrons. The average molecular weight is 304 g/mol. The lowest BCUT2D eigenvalue weighted by atomic mass is 10.0. The van der Waals surface area contributed by atoms with Gasteiger partial charge in [0.1, 0.15) is 5.75 Å². The van der Waals surface area contributed by atoms with Crippen molar-refractivity contribution >= 4 is 5.69 Å². The Morgan fingerprint density at radius 1 is 1.23 bits per heavy atom. The Balaban J connectivity index is 2.23. The van der Waals surface area contributed by atoms with Crippen LogP contribution < -0.4 is 15.0 Å². The van der Waals surface area contributed by atoms with E-state index in [0.29, 0.717) is 12.1 Å². The first-order valence-electron chi connectivity index (χ1n) is 8.77. The topological polar surface area (TPSA) is 24.5 Å². The summed E-state index contributed by atoms with van der Waals surface area (Å²) in [6.07, 6.45) is 4.10. The highest BCUT2D eigenvalue weighted by Crippen LogP contribution is 2.34. The monoisotopic (exact) mass is 304 g/mol. The van der Waals surface area contributed by atoms with Gasteiger partial charge in [-0.15, -0.1) is 0 Å². The highest BCUT2D eigenvalue weighted by molar-refractivity contribution is 5.60. The molecule has 1 aliphatic rings. The lowest BCUT2D eigenvalue weighted by Crippen LogP contribution is -2.37. The lowest BCUT2D eigenvalue weighted by molar-refractivity contribution is 0.242. The first-order valence-corrected chi connectivity index (χ1v) is 8.77. The van der Waals surface area contributed by atoms with Crippen LogP contribution in [0.2, 0.25) is 0 Å². The number of benzene rings is 1. The van der Waals surface area contributed by atoms with Gasteiger partial charge in [-0.3, -0.25) is 0 Å². The zero-order valence-electron chi connectivity index (χ0n) is 14.9. The largest absolute Gasteiger partial charge is 0.489 e. The molecule has 3 heteroatoms. The summed E-state index contributed by atoms with van der Waals surface area (Å²) in [7, 11) is 0. The molecule has 2 rings (SSSR count). The van der Waals surface area contributed by atoms with Crippen molar-refractivity contribution < 1.29 is 4.74 Å². The number of ether oxygens (including phenoxy) is 1. The number of piperidine rings is 1. The third kappa shape index (κ3) is 4.64. The third-order valence-corrected chi connectivity index (χ3v) is 4.21. The first-order chi connectivity index (χ1) is 10.5. The van der Waals surface area contributed by atoms with Gasteiger partial charge in [-0.05, 0) is 57.7 Å². The maximum atomic E-state index is 6.12. The van der Waals surface area contributed by atoms with Crippen molar-refractivity contribution in [1.82, 2.24) is 5.32 Å². The second-order valence-corrected chi connectivity index (χ2v) is 7.04. The molecular formula is C19H32N2O. The highest BCUT2D eigenvalue weighted by atomic mass is 16.5. The molecule has 3 nitrogen and oxygen atoms in total. The van der Waals surface area contributed by atoms with E-state index >= 15 is 0 Å². The van der Waals surface area contributed by atoms with Gasteiger partial charge in [0.25, 0.3) is 0 Å². The minimum Gasteiger partial charge on any atom is -0.489 e. The average Bonchev–Trinajstić information content (AvgIpc) is 2.45. The number of rotatable bonds is 6. The van der Waals surface area contributed by atoms with E-state index in [9.17, 15) is 0 Å². The molecular weight excluding hydrogens is 272 g/mol. The van der Waals surface area contributed by atoms with Gasteiger partial charge in [0.05, 0.1) is 11.8 Å². The van der Waals surface area contributed by atoms with Crippen LogP contribution in [0.5, 0.6) is 5.75 Å². The van der Waals surface area contributed by atoms with E-state index < -0.39 is 0 Å². The molecule has 22 heavy (non-hydrogen) atoms. The van der Waals surface area contributed by atoms with Gasteiger partial charge < -0.3 is 15.0 Å². The quantitative estimate of drug-likeness (QED) is 0.845. The lowest BCUT2D eigenvalue weighted by Gasteiger charge is -2.36. The van der Waals surface area contributed by atoms with E-state index in [4.69, 9.17) is 4.74 Å². The summed E-state index contributed by atoms with van der Waals surface area (Å²) in [5.74, 6) is 1.03. The molecule has 1 atom stereocenters. The molecule has 1 aromatic rings. The second kappa shape index (κ2) is 7.87. The molecule has 0 saturated carbocycles. The molecule has 0 spiro atoms. The third-order valence-electron chi connectivity index (χ3n) is 4.21. The molecule has 0 aliphatic carbocycles. The van der Waals surface area contributed by atoms with Gasteiger partial charge >= 0.3 is 0 Å². The molecule has 1 saturated heterocycles. The Bertz CT molecular complexity index is 471. The van der Waals surface area contributed by atoms with E-state index in [-0.39, 0.29) is 6.10 Å². The minimum absolute atomic E-state index is 0.201. The fourth-order valence-electron chi connectivity index (χ4n) is 3.03. The summed E-state index contributed by atoms with van der Waals surface area (Å²) in [6.45, 7) is 12.9. The first kappa shape index (κ1) is 17.1. The summed E-state index contributed by atoms with van der Waals surface area (Å²) in [5, 5.41) is 3.48. The van der Waals surface area contributed by atoms with Crippen LogP contribution in [0.3, 0.4) is 0 Å². The maximum absolute atomic E-state index is 6.12. The zero-order valence-corrected chi connectivity index (χ0v) is 14.9. The van der Waals surface area contributed by atoms with Gasteiger partial charge in [0.2, 0.25) is 0 Å². The zero-order chi connectivity index (χ0) is 16.1. The summed E-state index contributed by atoms with van der Waals surface area (Å²) < 4.78 is 6.12. The highest BCUT2D eigenvalue weighted by Gasteiger charge is 2.22. The van der Waals surface area contributed by atoms with E-state index in [1.165, 1.54) is 30.5 Å². The molecule has 0 aromatic heterocycles. The minimum atomic E-state index is 0.201. The normalized spacial score (nSPS) is 19.0. The van der Waals surface area contributed by atoms with Crippen LogP contribution in [0.4, 0.5) is 5.69 Å². The van der Waals surface area contributed by atoms with Gasteiger partial charge in [-0.1, -0.05) is 19.9 Å². The summed E-state index contributed by atoms with van der Waals surface area (Å²) in [5.41, 5.74) is 2.55. The predicted octanol–water partition coefficient (Wildman–Crippen LogP) is 4.35. The van der Waals surface area contributed by atoms with Crippen molar-refractivity contribution in [3.8, 4) is 5.75 Å². The molecule has 1 unspecified atom stereocenters. The van der Waals surface area contributed by atoms with Crippen LogP contribution in [0.1, 0.15) is 59.4 Å². The van der Waals surface area contributed by atoms with Crippen LogP contribution in [-0.2, 0) is 6.54 Å². The fraction of sp³-hybridized carbons (Fsp3) is 0.684.